The average Bonchev–Trinajstić information content (AvgIpc) is 3.01. The third-order valence-electron chi connectivity index (χ3n) is 14.6. The van der Waals surface area contributed by atoms with Crippen molar-refractivity contribution in [3.05, 3.63) is 268 Å². The highest BCUT2D eigenvalue weighted by Gasteiger charge is 2.34. The number of nitrogens with two attached hydrogens (primary N) is 1. The van der Waals surface area contributed by atoms with E-state index in [1.165, 1.54) is 54.1 Å². The van der Waals surface area contributed by atoms with Gasteiger partial charge >= 0.3 is 24.7 Å². The summed E-state index contributed by atoms with van der Waals surface area (Å²) in [5, 5.41) is 3.19. The summed E-state index contributed by atoms with van der Waals surface area (Å²) in [6.45, 7) is 1.24. The first kappa shape index (κ1) is 63.0. The lowest BCUT2D eigenvalue weighted by molar-refractivity contribution is -0.138. The summed E-state index contributed by atoms with van der Waals surface area (Å²) in [7, 11) is 1.92. The number of aromatic nitrogens is 6. The highest BCUT2D eigenvalue weighted by atomic mass is 19.4. The Morgan fingerprint density at radius 3 is 1.26 bits per heavy atom. The summed E-state index contributed by atoms with van der Waals surface area (Å²) >= 11 is 0. The summed E-state index contributed by atoms with van der Waals surface area (Å²) in [5.74, 6) is 1.88. The largest absolute Gasteiger partial charge is 0.417 e. The van der Waals surface area contributed by atoms with Gasteiger partial charge in [-0.15, -0.1) is 0 Å². The van der Waals surface area contributed by atoms with Gasteiger partial charge in [-0.3, -0.25) is 0 Å². The molecule has 0 aliphatic carbocycles. The van der Waals surface area contributed by atoms with Crippen molar-refractivity contribution in [1.29, 1.82) is 0 Å². The van der Waals surface area contributed by atoms with Gasteiger partial charge in [0.05, 0.1) is 55.4 Å². The highest BCUT2D eigenvalue weighted by molar-refractivity contribution is 5.87. The molecule has 3 aromatic heterocycles. The first-order valence-electron chi connectivity index (χ1n) is 28.0. The van der Waals surface area contributed by atoms with Crippen molar-refractivity contribution >= 4 is 57.4 Å². The van der Waals surface area contributed by atoms with E-state index in [1.807, 2.05) is 67.7 Å². The van der Waals surface area contributed by atoms with Crippen molar-refractivity contribution < 1.29 is 52.7 Å². The molecule has 458 valence electrons. The van der Waals surface area contributed by atoms with Crippen LogP contribution in [-0.2, 0) is 50.6 Å². The molecule has 12 rings (SSSR count). The Kier molecular flexibility index (Phi) is 18.7. The number of imidazole rings is 3. The van der Waals surface area contributed by atoms with E-state index in [1.54, 1.807) is 48.6 Å². The van der Waals surface area contributed by atoms with Crippen LogP contribution in [0.5, 0.6) is 0 Å². The van der Waals surface area contributed by atoms with Gasteiger partial charge in [0.25, 0.3) is 0 Å². The second-order valence-electron chi connectivity index (χ2n) is 20.8. The fraction of sp³-hybridized carbons (Fsp3) is 0.129. The van der Waals surface area contributed by atoms with Gasteiger partial charge in [0, 0.05) is 19.5 Å². The molecule has 3 heterocycles. The molecule has 0 unspecified atom stereocenters. The molecule has 0 spiro atoms. The first-order valence-corrected chi connectivity index (χ1v) is 28.0. The van der Waals surface area contributed by atoms with Crippen LogP contribution in [0.3, 0.4) is 0 Å². The SMILES string of the molecule is CNCc1ccccc1-c1ccc2nc(/C=C/c3ccc(C(F)(F)F)cc3)[nH]c2c1.FC(F)(F)c1ccc(/C=C/c2nc3ccc(-c4ccccc4C(F)(F)F)cc3[nH]2)cc1.NCc1ccccc1-c1ccc2nc(CCc3ccc(C(F)(F)F)cc3)[nH]c2c1. The molecule has 20 heteroatoms. The molecule has 8 nitrogen and oxygen atoms in total. The minimum Gasteiger partial charge on any atom is -0.342 e. The number of hydrogen-bond donors (Lipinski definition) is 5. The van der Waals surface area contributed by atoms with Crippen LogP contribution in [-0.4, -0.2) is 37.0 Å². The molecule has 0 amide bonds. The summed E-state index contributed by atoms with van der Waals surface area (Å²) in [6.07, 6.45) is -9.60. The van der Waals surface area contributed by atoms with Crippen LogP contribution in [0.2, 0.25) is 0 Å². The molecule has 6 N–H and O–H groups in total. The van der Waals surface area contributed by atoms with E-state index in [0.717, 1.165) is 110 Å². The number of nitrogens with one attached hydrogen (secondary N) is 4. The fourth-order valence-corrected chi connectivity index (χ4v) is 10.0. The molecule has 0 fully saturated rings. The Morgan fingerprint density at radius 2 is 0.800 bits per heavy atom. The number of alkyl halides is 12. The van der Waals surface area contributed by atoms with Crippen LogP contribution in [0.1, 0.15) is 67.5 Å². The van der Waals surface area contributed by atoms with Gasteiger partial charge in [0.2, 0.25) is 0 Å². The number of fused-ring (bicyclic) bond motifs is 3. The maximum Gasteiger partial charge on any atom is 0.417 e. The van der Waals surface area contributed by atoms with Crippen LogP contribution >= 0.6 is 0 Å². The highest BCUT2D eigenvalue weighted by Crippen LogP contribution is 2.39. The predicted octanol–water partition coefficient (Wildman–Crippen LogP) is 19.1. The van der Waals surface area contributed by atoms with E-state index in [4.69, 9.17) is 5.73 Å². The number of halogens is 12. The van der Waals surface area contributed by atoms with E-state index >= 15 is 0 Å². The van der Waals surface area contributed by atoms with E-state index in [-0.39, 0.29) is 5.56 Å². The zero-order valence-electron chi connectivity index (χ0n) is 47.6. The summed E-state index contributed by atoms with van der Waals surface area (Å²) < 4.78 is 154. The Morgan fingerprint density at radius 1 is 0.400 bits per heavy atom. The summed E-state index contributed by atoms with van der Waals surface area (Å²) in [5.41, 5.74) is 16.9. The van der Waals surface area contributed by atoms with Crippen molar-refractivity contribution in [1.82, 2.24) is 35.2 Å². The number of nitrogens with zero attached hydrogens (tertiary/aromatic N) is 3. The van der Waals surface area contributed by atoms with Crippen molar-refractivity contribution in [2.75, 3.05) is 7.05 Å². The Hall–Kier alpha value is -10.1. The van der Waals surface area contributed by atoms with Gasteiger partial charge in [-0.1, -0.05) is 133 Å². The molecular formula is C70H54F12N8. The van der Waals surface area contributed by atoms with Crippen molar-refractivity contribution in [2.45, 2.75) is 50.6 Å². The van der Waals surface area contributed by atoms with Gasteiger partial charge in [0.1, 0.15) is 17.5 Å². The smallest absolute Gasteiger partial charge is 0.342 e. The van der Waals surface area contributed by atoms with Crippen LogP contribution in [0.25, 0.3) is 90.8 Å². The van der Waals surface area contributed by atoms with Crippen molar-refractivity contribution in [3.63, 3.8) is 0 Å². The number of hydrogen-bond acceptors (Lipinski definition) is 5. The second kappa shape index (κ2) is 26.7. The van der Waals surface area contributed by atoms with E-state index in [9.17, 15) is 52.7 Å². The zero-order chi connectivity index (χ0) is 63.8. The maximum atomic E-state index is 13.3. The molecular weight excluding hydrogens is 1180 g/mol. The second-order valence-corrected chi connectivity index (χ2v) is 20.8. The topological polar surface area (TPSA) is 124 Å². The Balaban J connectivity index is 0.000000149. The van der Waals surface area contributed by atoms with Crippen molar-refractivity contribution in [2.24, 2.45) is 5.73 Å². The minimum absolute atomic E-state index is 0.0633. The first-order chi connectivity index (χ1) is 43.0. The molecule has 0 saturated heterocycles. The van der Waals surface area contributed by atoms with Crippen LogP contribution in [0, 0.1) is 0 Å². The van der Waals surface area contributed by atoms with Gasteiger partial charge in [-0.2, -0.15) is 52.7 Å². The molecule has 0 aliphatic heterocycles. The lowest BCUT2D eigenvalue weighted by Crippen LogP contribution is -2.06. The molecule has 12 aromatic rings. The van der Waals surface area contributed by atoms with E-state index in [2.05, 4.69) is 59.5 Å². The third-order valence-corrected chi connectivity index (χ3v) is 14.6. The van der Waals surface area contributed by atoms with Gasteiger partial charge in [-0.25, -0.2) is 15.0 Å². The average molecular weight is 1240 g/mol. The molecule has 90 heavy (non-hydrogen) atoms. The number of rotatable bonds is 13. The van der Waals surface area contributed by atoms with Gasteiger partial charge < -0.3 is 26.0 Å². The van der Waals surface area contributed by atoms with Crippen molar-refractivity contribution in [3.8, 4) is 33.4 Å². The van der Waals surface area contributed by atoms with Crippen LogP contribution in [0.15, 0.2) is 200 Å². The number of benzene rings is 9. The third kappa shape index (κ3) is 15.6. The van der Waals surface area contributed by atoms with Crippen LogP contribution < -0.4 is 11.1 Å². The quantitative estimate of drug-likeness (QED) is 0.0736. The Bertz CT molecular complexity index is 4470. The van der Waals surface area contributed by atoms with Gasteiger partial charge in [-0.05, 0) is 166 Å². The Labute approximate surface area is 507 Å². The molecule has 0 saturated carbocycles. The number of H-pyrrole nitrogens is 3. The number of aryl methyl sites for hydroxylation is 2. The van der Waals surface area contributed by atoms with E-state index in [0.29, 0.717) is 58.8 Å². The van der Waals surface area contributed by atoms with E-state index < -0.39 is 47.0 Å². The predicted molar refractivity (Wildman–Crippen MR) is 330 cm³/mol. The summed E-state index contributed by atoms with van der Waals surface area (Å²) in [6, 6.07) is 53.4. The lowest BCUT2D eigenvalue weighted by atomic mass is 9.99. The molecule has 9 aromatic carbocycles. The normalized spacial score (nSPS) is 12.2. The maximum absolute atomic E-state index is 13.3. The van der Waals surface area contributed by atoms with Gasteiger partial charge in [0.15, 0.2) is 0 Å². The molecule has 0 radical (unpaired) electrons. The fourth-order valence-electron chi connectivity index (χ4n) is 10.0. The number of aromatic amines is 3. The monoisotopic (exact) mass is 1230 g/mol. The molecule has 0 bridgehead atoms. The van der Waals surface area contributed by atoms with Crippen LogP contribution in [0.4, 0.5) is 52.7 Å². The summed E-state index contributed by atoms with van der Waals surface area (Å²) in [4.78, 5) is 23.1. The lowest BCUT2D eigenvalue weighted by Gasteiger charge is -2.12. The molecule has 0 atom stereocenters. The minimum atomic E-state index is -4.48. The standard InChI is InChI=1S/C24H20F3N3.C23H14F6N2.C23H20F3N3/c1-28-15-18-4-2-3-5-20(18)17-9-12-21-22(14-17)30-23(29-21)13-8-16-6-10-19(11-7-16)24(25,26)27;24-22(25,26)16-9-5-14(6-10-16)7-12-21-30-19-11-8-15(13-20(19)31-21)17-3-1-2-4-18(17)23(27,28)29;24-23(25,26)18-9-5-15(6-10-18)7-12-22-28-20-11-8-16(13-21(20)29-22)19-4-2-1-3-17(19)14-27/h2-14,28H,15H2,1H3,(H,29,30);1-13H,(H,30,31);1-6,8-11,13H,7,12,14,27H2,(H,28,29)/b13-8+;12-7+;. The molecule has 0 aliphatic rings. The zero-order valence-corrected chi connectivity index (χ0v) is 47.6.